The Kier molecular flexibility index (Phi) is 5.14. The lowest BCUT2D eigenvalue weighted by Crippen LogP contribution is -2.14. The van der Waals surface area contributed by atoms with Crippen LogP contribution in [0.25, 0.3) is 0 Å². The highest BCUT2D eigenvalue weighted by Gasteiger charge is 2.18. The first-order valence-electron chi connectivity index (χ1n) is 6.38. The highest BCUT2D eigenvalue weighted by atomic mass is 14.2. The fraction of sp³-hybridized carbons (Fsp3) is 0.733. The summed E-state index contributed by atoms with van der Waals surface area (Å²) in [6.45, 7) is 9.08. The van der Waals surface area contributed by atoms with Crippen LogP contribution in [0.2, 0.25) is 0 Å². The van der Waals surface area contributed by atoms with E-state index in [1.807, 2.05) is 0 Å². The molecule has 1 rings (SSSR count). The average Bonchev–Trinajstić information content (AvgIpc) is 2.18. The maximum Gasteiger partial charge on any atom is -0.0317 e. The van der Waals surface area contributed by atoms with E-state index in [2.05, 4.69) is 39.8 Å². The van der Waals surface area contributed by atoms with Crippen molar-refractivity contribution in [3.8, 4) is 0 Å². The minimum absolute atomic E-state index is 0.893. The molecule has 86 valence electrons. The molecule has 0 N–H and O–H groups in total. The molecule has 0 nitrogen and oxygen atoms in total. The SMILES string of the molecule is CC(C)=CCCC(C)[C@H]1CC=C(C)CC1. The Bertz CT molecular complexity index is 241. The van der Waals surface area contributed by atoms with E-state index < -0.39 is 0 Å². The number of rotatable bonds is 4. The lowest BCUT2D eigenvalue weighted by molar-refractivity contribution is 0.312. The normalized spacial score (nSPS) is 23.2. The van der Waals surface area contributed by atoms with E-state index in [9.17, 15) is 0 Å². The Morgan fingerprint density at radius 2 is 2.27 bits per heavy atom. The van der Waals surface area contributed by atoms with Crippen LogP contribution in [-0.4, -0.2) is 0 Å². The fourth-order valence-corrected chi connectivity index (χ4v) is 2.37. The van der Waals surface area contributed by atoms with Crippen molar-refractivity contribution >= 4 is 0 Å². The van der Waals surface area contributed by atoms with Crippen LogP contribution in [0.1, 0.15) is 59.8 Å². The maximum absolute atomic E-state index is 2.45. The van der Waals surface area contributed by atoms with E-state index >= 15 is 0 Å². The van der Waals surface area contributed by atoms with Gasteiger partial charge in [-0.05, 0) is 64.7 Å². The number of hydrogen-bond acceptors (Lipinski definition) is 0. The minimum Gasteiger partial charge on any atom is -0.0859 e. The van der Waals surface area contributed by atoms with E-state index in [4.69, 9.17) is 0 Å². The van der Waals surface area contributed by atoms with Gasteiger partial charge < -0.3 is 0 Å². The quantitative estimate of drug-likeness (QED) is 0.560. The zero-order valence-corrected chi connectivity index (χ0v) is 10.8. The minimum atomic E-state index is 0.893. The lowest BCUT2D eigenvalue weighted by Gasteiger charge is -2.26. The fourth-order valence-electron chi connectivity index (χ4n) is 2.37. The van der Waals surface area contributed by atoms with Crippen LogP contribution in [0.4, 0.5) is 0 Å². The maximum atomic E-state index is 2.45. The molecular weight excluding hydrogens is 180 g/mol. The summed E-state index contributed by atoms with van der Waals surface area (Å²) in [6.07, 6.45) is 11.5. The molecule has 0 aromatic carbocycles. The largest absolute Gasteiger partial charge is 0.0859 e. The predicted octanol–water partition coefficient (Wildman–Crippen LogP) is 5.12. The van der Waals surface area contributed by atoms with Crippen molar-refractivity contribution in [2.45, 2.75) is 59.8 Å². The third kappa shape index (κ3) is 4.68. The third-order valence-electron chi connectivity index (χ3n) is 3.66. The van der Waals surface area contributed by atoms with E-state index in [1.54, 1.807) is 5.57 Å². The monoisotopic (exact) mass is 206 g/mol. The Hall–Kier alpha value is -0.520. The second-order valence-corrected chi connectivity index (χ2v) is 5.42. The first-order chi connectivity index (χ1) is 7.09. The Morgan fingerprint density at radius 1 is 1.53 bits per heavy atom. The van der Waals surface area contributed by atoms with Gasteiger partial charge in [-0.2, -0.15) is 0 Å². The van der Waals surface area contributed by atoms with E-state index in [1.165, 1.54) is 37.7 Å². The summed E-state index contributed by atoms with van der Waals surface area (Å²) >= 11 is 0. The lowest BCUT2D eigenvalue weighted by atomic mass is 9.80. The second-order valence-electron chi connectivity index (χ2n) is 5.42. The molecular formula is C15H26. The van der Waals surface area contributed by atoms with E-state index in [0.29, 0.717) is 0 Å². The molecule has 0 aliphatic heterocycles. The summed E-state index contributed by atoms with van der Waals surface area (Å²) in [4.78, 5) is 0. The van der Waals surface area contributed by atoms with Crippen LogP contribution in [0.5, 0.6) is 0 Å². The molecule has 15 heavy (non-hydrogen) atoms. The standard InChI is InChI=1S/C15H26/c1-12(2)6-5-7-14(4)15-10-8-13(3)9-11-15/h6,8,14-15H,5,7,9-11H2,1-4H3/t14?,15-/m0/s1. The molecule has 0 amide bonds. The third-order valence-corrected chi connectivity index (χ3v) is 3.66. The second kappa shape index (κ2) is 6.15. The average molecular weight is 206 g/mol. The molecule has 0 saturated heterocycles. The molecule has 1 aliphatic rings. The van der Waals surface area contributed by atoms with Gasteiger partial charge in [0.25, 0.3) is 0 Å². The molecule has 2 atom stereocenters. The summed E-state index contributed by atoms with van der Waals surface area (Å²) in [5.74, 6) is 1.84. The Balaban J connectivity index is 2.29. The summed E-state index contributed by atoms with van der Waals surface area (Å²) < 4.78 is 0. The van der Waals surface area contributed by atoms with Gasteiger partial charge in [-0.1, -0.05) is 30.2 Å². The first-order valence-corrected chi connectivity index (χ1v) is 6.38. The van der Waals surface area contributed by atoms with Crippen molar-refractivity contribution in [1.29, 1.82) is 0 Å². The molecule has 1 unspecified atom stereocenters. The number of allylic oxidation sites excluding steroid dienone is 4. The highest BCUT2D eigenvalue weighted by Crippen LogP contribution is 2.31. The summed E-state index contributed by atoms with van der Waals surface area (Å²) in [6, 6.07) is 0. The van der Waals surface area contributed by atoms with Crippen LogP contribution in [0.3, 0.4) is 0 Å². The summed E-state index contributed by atoms with van der Waals surface area (Å²) in [7, 11) is 0. The van der Waals surface area contributed by atoms with Gasteiger partial charge in [0.05, 0.1) is 0 Å². The van der Waals surface area contributed by atoms with Gasteiger partial charge >= 0.3 is 0 Å². The van der Waals surface area contributed by atoms with Gasteiger partial charge in [-0.25, -0.2) is 0 Å². The van der Waals surface area contributed by atoms with Gasteiger partial charge in [0.1, 0.15) is 0 Å². The van der Waals surface area contributed by atoms with Crippen molar-refractivity contribution < 1.29 is 0 Å². The van der Waals surface area contributed by atoms with Crippen molar-refractivity contribution in [1.82, 2.24) is 0 Å². The van der Waals surface area contributed by atoms with Crippen molar-refractivity contribution in [2.24, 2.45) is 11.8 Å². The molecule has 0 spiro atoms. The highest BCUT2D eigenvalue weighted by molar-refractivity contribution is 5.03. The topological polar surface area (TPSA) is 0 Å². The van der Waals surface area contributed by atoms with Crippen molar-refractivity contribution in [2.75, 3.05) is 0 Å². The number of hydrogen-bond donors (Lipinski definition) is 0. The van der Waals surface area contributed by atoms with Crippen LogP contribution < -0.4 is 0 Å². The Morgan fingerprint density at radius 3 is 2.80 bits per heavy atom. The van der Waals surface area contributed by atoms with Crippen molar-refractivity contribution in [3.63, 3.8) is 0 Å². The van der Waals surface area contributed by atoms with Crippen LogP contribution >= 0.6 is 0 Å². The van der Waals surface area contributed by atoms with Gasteiger partial charge in [-0.15, -0.1) is 0 Å². The zero-order chi connectivity index (χ0) is 11.3. The first kappa shape index (κ1) is 12.5. The molecule has 0 heterocycles. The molecule has 0 radical (unpaired) electrons. The molecule has 0 aromatic rings. The van der Waals surface area contributed by atoms with Crippen LogP contribution in [-0.2, 0) is 0 Å². The molecule has 0 saturated carbocycles. The summed E-state index contributed by atoms with van der Waals surface area (Å²) in [5, 5.41) is 0. The van der Waals surface area contributed by atoms with Gasteiger partial charge in [0.2, 0.25) is 0 Å². The molecule has 0 fully saturated rings. The van der Waals surface area contributed by atoms with Crippen molar-refractivity contribution in [3.05, 3.63) is 23.3 Å². The molecule has 0 heteroatoms. The predicted molar refractivity (Wildman–Crippen MR) is 68.9 cm³/mol. The van der Waals surface area contributed by atoms with Crippen LogP contribution in [0, 0.1) is 11.8 Å². The van der Waals surface area contributed by atoms with Gasteiger partial charge in [0, 0.05) is 0 Å². The van der Waals surface area contributed by atoms with E-state index in [0.717, 1.165) is 11.8 Å². The Labute approximate surface area is 95.5 Å². The van der Waals surface area contributed by atoms with Gasteiger partial charge in [-0.3, -0.25) is 0 Å². The molecule has 1 aliphatic carbocycles. The van der Waals surface area contributed by atoms with Crippen LogP contribution in [0.15, 0.2) is 23.3 Å². The van der Waals surface area contributed by atoms with E-state index in [-0.39, 0.29) is 0 Å². The zero-order valence-electron chi connectivity index (χ0n) is 10.8. The molecule has 0 bridgehead atoms. The molecule has 0 aromatic heterocycles. The van der Waals surface area contributed by atoms with Gasteiger partial charge in [0.15, 0.2) is 0 Å². The smallest absolute Gasteiger partial charge is 0.0317 e. The summed E-state index contributed by atoms with van der Waals surface area (Å²) in [5.41, 5.74) is 3.06.